The Morgan fingerprint density at radius 3 is 2.25 bits per heavy atom. The third kappa shape index (κ3) is 3.26. The van der Waals surface area contributed by atoms with E-state index in [1.54, 1.807) is 0 Å². The minimum absolute atomic E-state index is 0.164. The number of fused-ring (bicyclic) bond motifs is 1. The van der Waals surface area contributed by atoms with Crippen molar-refractivity contribution in [3.8, 4) is 5.75 Å². The Balaban J connectivity index is 2.55. The lowest BCUT2D eigenvalue weighted by Crippen LogP contribution is -2.43. The van der Waals surface area contributed by atoms with Crippen LogP contribution in [0.3, 0.4) is 0 Å². The highest BCUT2D eigenvalue weighted by atomic mass is 79.9. The van der Waals surface area contributed by atoms with Crippen LogP contribution in [0.25, 0.3) is 10.9 Å². The molecule has 0 radical (unpaired) electrons. The van der Waals surface area contributed by atoms with Crippen LogP contribution in [0.15, 0.2) is 33.3 Å². The van der Waals surface area contributed by atoms with Gasteiger partial charge in [0, 0.05) is 20.5 Å². The number of pyridine rings is 1. The Labute approximate surface area is 138 Å². The van der Waals surface area contributed by atoms with Gasteiger partial charge >= 0.3 is 0 Å². The van der Waals surface area contributed by atoms with Gasteiger partial charge in [-0.2, -0.15) is 0 Å². The second-order valence-electron chi connectivity index (χ2n) is 6.49. The van der Waals surface area contributed by atoms with Gasteiger partial charge in [0.1, 0.15) is 11.3 Å². The van der Waals surface area contributed by atoms with E-state index in [-0.39, 0.29) is 5.04 Å². The first-order valence-electron chi connectivity index (χ1n) is 6.54. The number of benzene rings is 1. The van der Waals surface area contributed by atoms with E-state index in [1.165, 1.54) is 0 Å². The maximum atomic E-state index is 6.43. The SMILES string of the molecule is CC(C)(C)[Si](C)(C)Oc1cc(Br)cc2cc(Br)cnc12. The van der Waals surface area contributed by atoms with Crippen LogP contribution in [0.2, 0.25) is 18.1 Å². The molecule has 0 atom stereocenters. The molecule has 5 heteroatoms. The van der Waals surface area contributed by atoms with Crippen molar-refractivity contribution in [3.63, 3.8) is 0 Å². The summed E-state index contributed by atoms with van der Waals surface area (Å²) >= 11 is 7.02. The number of halogens is 2. The summed E-state index contributed by atoms with van der Waals surface area (Å²) < 4.78 is 8.42. The van der Waals surface area contributed by atoms with Gasteiger partial charge in [-0.25, -0.2) is 0 Å². The summed E-state index contributed by atoms with van der Waals surface area (Å²) in [6.07, 6.45) is 1.81. The molecule has 0 aliphatic carbocycles. The molecule has 0 bridgehead atoms. The van der Waals surface area contributed by atoms with Crippen molar-refractivity contribution in [2.75, 3.05) is 0 Å². The quantitative estimate of drug-likeness (QED) is 0.548. The largest absolute Gasteiger partial charge is 0.542 e. The third-order valence-corrected chi connectivity index (χ3v) is 9.08. The number of hydrogen-bond donors (Lipinski definition) is 0. The molecular weight excluding hydrogens is 398 g/mol. The van der Waals surface area contributed by atoms with Crippen molar-refractivity contribution in [1.82, 2.24) is 4.98 Å². The number of aromatic nitrogens is 1. The molecule has 0 spiro atoms. The Bertz CT molecular complexity index is 645. The normalized spacial score (nSPS) is 12.8. The molecule has 0 aliphatic heterocycles. The lowest BCUT2D eigenvalue weighted by atomic mass is 10.2. The smallest absolute Gasteiger partial charge is 0.250 e. The second kappa shape index (κ2) is 5.43. The molecule has 0 aliphatic rings. The fourth-order valence-corrected chi connectivity index (χ4v) is 3.48. The summed E-state index contributed by atoms with van der Waals surface area (Å²) in [6, 6.07) is 6.14. The van der Waals surface area contributed by atoms with Crippen molar-refractivity contribution in [1.29, 1.82) is 0 Å². The zero-order valence-electron chi connectivity index (χ0n) is 12.4. The van der Waals surface area contributed by atoms with Crippen LogP contribution in [0.1, 0.15) is 20.8 Å². The second-order valence-corrected chi connectivity index (χ2v) is 13.0. The maximum Gasteiger partial charge on any atom is 0.250 e. The molecule has 20 heavy (non-hydrogen) atoms. The van der Waals surface area contributed by atoms with E-state index in [2.05, 4.69) is 82.8 Å². The summed E-state index contributed by atoms with van der Waals surface area (Å²) in [5.41, 5.74) is 0.918. The van der Waals surface area contributed by atoms with E-state index < -0.39 is 8.32 Å². The molecular formula is C15H19Br2NOSi. The molecule has 1 aromatic carbocycles. The van der Waals surface area contributed by atoms with Crippen LogP contribution in [-0.2, 0) is 0 Å². The van der Waals surface area contributed by atoms with Gasteiger partial charge in [0.2, 0.25) is 0 Å². The highest BCUT2D eigenvalue weighted by molar-refractivity contribution is 9.10. The highest BCUT2D eigenvalue weighted by Crippen LogP contribution is 2.40. The predicted octanol–water partition coefficient (Wildman–Crippen LogP) is 6.14. The lowest BCUT2D eigenvalue weighted by molar-refractivity contribution is 0.495. The van der Waals surface area contributed by atoms with Gasteiger partial charge in [-0.3, -0.25) is 4.98 Å². The molecule has 0 saturated carbocycles. The molecule has 0 N–H and O–H groups in total. The van der Waals surface area contributed by atoms with Gasteiger partial charge in [0.15, 0.2) is 0 Å². The summed E-state index contributed by atoms with van der Waals surface area (Å²) in [6.45, 7) is 11.2. The first-order chi connectivity index (χ1) is 9.10. The molecule has 2 rings (SSSR count). The topological polar surface area (TPSA) is 22.1 Å². The zero-order chi connectivity index (χ0) is 15.1. The molecule has 1 aromatic heterocycles. The standard InChI is InChI=1S/C15H19Br2NOSi/c1-15(2,3)20(4,5)19-13-8-11(16)6-10-7-12(17)9-18-14(10)13/h6-9H,1-5H3. The number of hydrogen-bond acceptors (Lipinski definition) is 2. The van der Waals surface area contributed by atoms with Crippen LogP contribution in [0.4, 0.5) is 0 Å². The third-order valence-electron chi connectivity index (χ3n) is 3.85. The summed E-state index contributed by atoms with van der Waals surface area (Å²) in [4.78, 5) is 4.52. The van der Waals surface area contributed by atoms with E-state index in [1.807, 2.05) is 12.3 Å². The van der Waals surface area contributed by atoms with Crippen LogP contribution in [0.5, 0.6) is 5.75 Å². The van der Waals surface area contributed by atoms with Gasteiger partial charge in [0.25, 0.3) is 8.32 Å². The molecule has 0 amide bonds. The van der Waals surface area contributed by atoms with Crippen molar-refractivity contribution < 1.29 is 4.43 Å². The summed E-state index contributed by atoms with van der Waals surface area (Å²) in [7, 11) is -1.87. The average molecular weight is 417 g/mol. The summed E-state index contributed by atoms with van der Waals surface area (Å²) in [5.74, 6) is 0.869. The Morgan fingerprint density at radius 1 is 1.05 bits per heavy atom. The van der Waals surface area contributed by atoms with E-state index in [0.717, 1.165) is 25.6 Å². The van der Waals surface area contributed by atoms with Crippen LogP contribution in [0, 0.1) is 0 Å². The van der Waals surface area contributed by atoms with E-state index in [0.29, 0.717) is 0 Å². The van der Waals surface area contributed by atoms with E-state index >= 15 is 0 Å². The predicted molar refractivity (Wildman–Crippen MR) is 95.0 cm³/mol. The minimum atomic E-state index is -1.87. The van der Waals surface area contributed by atoms with E-state index in [9.17, 15) is 0 Å². The summed E-state index contributed by atoms with van der Waals surface area (Å²) in [5, 5.41) is 1.24. The Hall–Kier alpha value is -0.393. The van der Waals surface area contributed by atoms with E-state index in [4.69, 9.17) is 4.43 Å². The van der Waals surface area contributed by atoms with Gasteiger partial charge < -0.3 is 4.43 Å². The monoisotopic (exact) mass is 415 g/mol. The van der Waals surface area contributed by atoms with Gasteiger partial charge in [-0.05, 0) is 52.3 Å². The van der Waals surface area contributed by atoms with Gasteiger partial charge in [0.05, 0.1) is 0 Å². The number of rotatable bonds is 2. The molecule has 1 heterocycles. The Kier molecular flexibility index (Phi) is 4.34. The highest BCUT2D eigenvalue weighted by Gasteiger charge is 2.39. The van der Waals surface area contributed by atoms with Crippen molar-refractivity contribution in [2.45, 2.75) is 38.9 Å². The molecule has 0 fully saturated rings. The minimum Gasteiger partial charge on any atom is -0.542 e. The Morgan fingerprint density at radius 2 is 1.65 bits per heavy atom. The fourth-order valence-electron chi connectivity index (χ4n) is 1.66. The molecule has 2 aromatic rings. The fraction of sp³-hybridized carbons (Fsp3) is 0.400. The van der Waals surface area contributed by atoms with Crippen molar-refractivity contribution in [2.24, 2.45) is 0 Å². The first kappa shape index (κ1) is 16.0. The van der Waals surface area contributed by atoms with Gasteiger partial charge in [-0.15, -0.1) is 0 Å². The van der Waals surface area contributed by atoms with Gasteiger partial charge in [-0.1, -0.05) is 36.7 Å². The molecule has 0 unspecified atom stereocenters. The lowest BCUT2D eigenvalue weighted by Gasteiger charge is -2.36. The maximum absolute atomic E-state index is 6.43. The number of nitrogens with zero attached hydrogens (tertiary/aromatic N) is 1. The van der Waals surface area contributed by atoms with Crippen molar-refractivity contribution in [3.05, 3.63) is 33.3 Å². The zero-order valence-corrected chi connectivity index (χ0v) is 16.6. The molecule has 2 nitrogen and oxygen atoms in total. The van der Waals surface area contributed by atoms with Crippen LogP contribution in [-0.4, -0.2) is 13.3 Å². The van der Waals surface area contributed by atoms with Crippen LogP contribution >= 0.6 is 31.9 Å². The van der Waals surface area contributed by atoms with Crippen LogP contribution < -0.4 is 4.43 Å². The average Bonchev–Trinajstić information content (AvgIpc) is 2.25. The first-order valence-corrected chi connectivity index (χ1v) is 11.0. The molecule has 108 valence electrons. The van der Waals surface area contributed by atoms with Crippen molar-refractivity contribution >= 4 is 51.1 Å². The molecule has 0 saturated heterocycles.